The quantitative estimate of drug-likeness (QED) is 0.578. The van der Waals surface area contributed by atoms with E-state index in [4.69, 9.17) is 21.6 Å². The van der Waals surface area contributed by atoms with Crippen molar-refractivity contribution in [3.63, 3.8) is 0 Å². The maximum absolute atomic E-state index is 8.95. The number of nitrogens with zero attached hydrogens (tertiary/aromatic N) is 1. The van der Waals surface area contributed by atoms with E-state index >= 15 is 0 Å². The van der Waals surface area contributed by atoms with E-state index in [0.717, 1.165) is 19.2 Å². The third-order valence-electron chi connectivity index (χ3n) is 2.84. The first-order valence-electron chi connectivity index (χ1n) is 5.37. The van der Waals surface area contributed by atoms with Gasteiger partial charge in [-0.05, 0) is 11.5 Å². The molecule has 0 spiro atoms. The van der Waals surface area contributed by atoms with Gasteiger partial charge in [-0.2, -0.15) is 0 Å². The molecule has 0 bridgehead atoms. The average molecular weight is 239 g/mol. The second-order valence-electron chi connectivity index (χ2n) is 4.75. The lowest BCUT2D eigenvalue weighted by Crippen LogP contribution is -2.36. The Hall–Kier alpha value is -0.510. The molecule has 2 N–H and O–H groups in total. The molecule has 0 saturated carbocycles. The van der Waals surface area contributed by atoms with Gasteiger partial charge in [0.25, 0.3) is 0 Å². The van der Waals surface area contributed by atoms with Crippen molar-refractivity contribution in [1.29, 1.82) is 0 Å². The minimum atomic E-state index is -1.56. The maximum atomic E-state index is 8.95. The molecule has 16 heavy (non-hydrogen) atoms. The van der Waals surface area contributed by atoms with Gasteiger partial charge < -0.3 is 10.0 Å². The smallest absolute Gasteiger partial charge is 0.422 e. The van der Waals surface area contributed by atoms with Crippen molar-refractivity contribution >= 4 is 37.1 Å². The van der Waals surface area contributed by atoms with Crippen LogP contribution in [0, 0.1) is 0 Å². The van der Waals surface area contributed by atoms with E-state index in [2.05, 4.69) is 25.8 Å². The fourth-order valence-corrected chi connectivity index (χ4v) is 1.62. The highest BCUT2D eigenvalue weighted by molar-refractivity contribution is 6.62. The van der Waals surface area contributed by atoms with Gasteiger partial charge >= 0.3 is 7.12 Å². The van der Waals surface area contributed by atoms with Crippen LogP contribution in [-0.2, 0) is 0 Å². The van der Waals surface area contributed by atoms with Crippen molar-refractivity contribution < 1.29 is 10.0 Å². The minimum Gasteiger partial charge on any atom is -0.422 e. The molecule has 0 saturated heterocycles. The Morgan fingerprint density at radius 3 is 2.50 bits per heavy atom. The van der Waals surface area contributed by atoms with Crippen molar-refractivity contribution in [2.24, 2.45) is 0 Å². The van der Waals surface area contributed by atoms with Crippen LogP contribution in [0.2, 0.25) is 10.5 Å². The van der Waals surface area contributed by atoms with Crippen LogP contribution in [0.3, 0.4) is 0 Å². The van der Waals surface area contributed by atoms with Gasteiger partial charge in [-0.15, -0.1) is 0 Å². The summed E-state index contributed by atoms with van der Waals surface area (Å²) < 4.78 is 0. The molecule has 0 unspecified atom stereocenters. The zero-order valence-corrected chi connectivity index (χ0v) is 10.6. The van der Waals surface area contributed by atoms with Gasteiger partial charge in [0.15, 0.2) is 7.28 Å². The highest BCUT2D eigenvalue weighted by Crippen LogP contribution is 2.26. The molecule has 0 atom stereocenters. The minimum absolute atomic E-state index is 0.171. The molecule has 1 heterocycles. The number of hydrogen-bond donors (Lipinski definition) is 2. The van der Waals surface area contributed by atoms with E-state index in [1.807, 2.05) is 6.07 Å². The Morgan fingerprint density at radius 2 is 2.06 bits per heavy atom. The highest BCUT2D eigenvalue weighted by Gasteiger charge is 2.21. The molecular weight excluding hydrogens is 223 g/mol. The summed E-state index contributed by atoms with van der Waals surface area (Å²) in [4.78, 5) is 3.96. The molecule has 0 fully saturated rings. The monoisotopic (exact) mass is 239 g/mol. The second-order valence-corrected chi connectivity index (χ2v) is 5.11. The second kappa shape index (κ2) is 5.21. The molecule has 86 valence electrons. The van der Waals surface area contributed by atoms with Gasteiger partial charge in [-0.25, -0.2) is 4.98 Å². The molecule has 1 rings (SSSR count). The summed E-state index contributed by atoms with van der Waals surface area (Å²) in [5, 5.41) is 18.4. The fraction of sp³-hybridized carbons (Fsp3) is 0.500. The molecule has 3 nitrogen and oxygen atoms in total. The van der Waals surface area contributed by atoms with Crippen molar-refractivity contribution in [2.45, 2.75) is 32.5 Å². The van der Waals surface area contributed by atoms with Crippen molar-refractivity contribution in [3.05, 3.63) is 17.3 Å². The van der Waals surface area contributed by atoms with Gasteiger partial charge in [-0.3, -0.25) is 0 Å². The van der Waals surface area contributed by atoms with Crippen LogP contribution in [0.15, 0.2) is 12.1 Å². The SMILES string of the molecule is CCC(C)(C)Bc1ccc(B(O)O)nc1Cl. The summed E-state index contributed by atoms with van der Waals surface area (Å²) in [6, 6.07) is 3.40. The maximum Gasteiger partial charge on any atom is 0.508 e. The summed E-state index contributed by atoms with van der Waals surface area (Å²) in [6.45, 7) is 6.46. The Balaban J connectivity index is 2.91. The molecule has 1 aromatic rings. The number of rotatable bonds is 4. The third-order valence-corrected chi connectivity index (χ3v) is 3.17. The van der Waals surface area contributed by atoms with Crippen molar-refractivity contribution in [3.8, 4) is 0 Å². The largest absolute Gasteiger partial charge is 0.508 e. The zero-order valence-electron chi connectivity index (χ0n) is 9.87. The van der Waals surface area contributed by atoms with Gasteiger partial charge in [0, 0.05) is 0 Å². The van der Waals surface area contributed by atoms with Gasteiger partial charge in [0.05, 0.1) is 5.59 Å². The lowest BCUT2D eigenvalue weighted by atomic mass is 9.49. The van der Waals surface area contributed by atoms with Crippen molar-refractivity contribution in [1.82, 2.24) is 4.98 Å². The van der Waals surface area contributed by atoms with Crippen LogP contribution in [0.25, 0.3) is 0 Å². The fourth-order valence-electron chi connectivity index (χ4n) is 1.39. The molecule has 0 aromatic carbocycles. The lowest BCUT2D eigenvalue weighted by Gasteiger charge is -2.21. The Labute approximate surface area is 102 Å². The number of halogens is 1. The Bertz CT molecular complexity index is 372. The van der Waals surface area contributed by atoms with E-state index in [0.29, 0.717) is 5.15 Å². The van der Waals surface area contributed by atoms with E-state index < -0.39 is 7.12 Å². The molecule has 0 radical (unpaired) electrons. The number of pyridine rings is 1. The first kappa shape index (κ1) is 13.6. The van der Waals surface area contributed by atoms with Crippen LogP contribution >= 0.6 is 11.6 Å². The van der Waals surface area contributed by atoms with Crippen LogP contribution < -0.4 is 11.1 Å². The molecule has 0 aliphatic carbocycles. The summed E-state index contributed by atoms with van der Waals surface area (Å²) >= 11 is 6.00. The Morgan fingerprint density at radius 1 is 1.44 bits per heavy atom. The number of aromatic nitrogens is 1. The van der Waals surface area contributed by atoms with Crippen molar-refractivity contribution in [2.75, 3.05) is 0 Å². The molecular formula is C10H16B2ClNO2. The lowest BCUT2D eigenvalue weighted by molar-refractivity contribution is 0.424. The number of hydrogen-bond acceptors (Lipinski definition) is 3. The van der Waals surface area contributed by atoms with Crippen LogP contribution in [-0.4, -0.2) is 29.4 Å². The normalized spacial score (nSPS) is 11.4. The highest BCUT2D eigenvalue weighted by atomic mass is 35.5. The van der Waals surface area contributed by atoms with E-state index in [-0.39, 0.29) is 10.9 Å². The molecule has 0 aliphatic heterocycles. The summed E-state index contributed by atoms with van der Waals surface area (Å²) in [7, 11) is -0.734. The van der Waals surface area contributed by atoms with Gasteiger partial charge in [0.2, 0.25) is 0 Å². The summed E-state index contributed by atoms with van der Waals surface area (Å²) in [5.74, 6) is 0. The van der Waals surface area contributed by atoms with E-state index in [1.54, 1.807) is 6.07 Å². The molecule has 6 heteroatoms. The molecule has 0 amide bonds. The summed E-state index contributed by atoms with van der Waals surface area (Å²) in [6.07, 6.45) is 1.05. The summed E-state index contributed by atoms with van der Waals surface area (Å²) in [5.41, 5.74) is 1.13. The molecule has 1 aromatic heterocycles. The first-order chi connectivity index (χ1) is 7.35. The van der Waals surface area contributed by atoms with Gasteiger partial charge in [-0.1, -0.05) is 50.2 Å². The predicted octanol–water partition coefficient (Wildman–Crippen LogP) is 0.0851. The topological polar surface area (TPSA) is 53.4 Å². The van der Waals surface area contributed by atoms with Gasteiger partial charge in [0.1, 0.15) is 5.15 Å². The predicted molar refractivity (Wildman–Crippen MR) is 70.2 cm³/mol. The first-order valence-corrected chi connectivity index (χ1v) is 5.75. The molecule has 0 aliphatic rings. The van der Waals surface area contributed by atoms with E-state index in [9.17, 15) is 0 Å². The van der Waals surface area contributed by atoms with Crippen LogP contribution in [0.1, 0.15) is 27.2 Å². The van der Waals surface area contributed by atoms with Crippen LogP contribution in [0.5, 0.6) is 0 Å². The standard InChI is InChI=1S/C10H16B2ClNO2/c1-4-10(2,3)11-7-5-6-8(12(15)16)14-9(7)13/h5-6,11,15-16H,4H2,1-3H3. The third kappa shape index (κ3) is 3.51. The van der Waals surface area contributed by atoms with Crippen LogP contribution in [0.4, 0.5) is 0 Å². The Kier molecular flexibility index (Phi) is 4.42. The zero-order chi connectivity index (χ0) is 12.3. The van der Waals surface area contributed by atoms with E-state index in [1.165, 1.54) is 0 Å². The average Bonchev–Trinajstić information content (AvgIpc) is 2.20.